The lowest BCUT2D eigenvalue weighted by Gasteiger charge is -2.10. The molecule has 0 amide bonds. The number of pyridine rings is 1. The van der Waals surface area contributed by atoms with Crippen molar-refractivity contribution in [3.63, 3.8) is 0 Å². The predicted octanol–water partition coefficient (Wildman–Crippen LogP) is -0.382. The molecule has 1 rings (SSSR count). The highest BCUT2D eigenvalue weighted by atomic mass is 32.2. The Hall–Kier alpha value is -1.18. The van der Waals surface area contributed by atoms with Crippen LogP contribution in [-0.4, -0.2) is 31.8 Å². The van der Waals surface area contributed by atoms with Crippen LogP contribution in [0, 0.1) is 0 Å². The molecule has 3 N–H and O–H groups in total. The van der Waals surface area contributed by atoms with Gasteiger partial charge in [-0.15, -0.1) is 0 Å². The fourth-order valence-electron chi connectivity index (χ4n) is 0.829. The molecule has 0 aliphatic rings. The molecule has 0 atom stereocenters. The molecule has 0 saturated heterocycles. The summed E-state index contributed by atoms with van der Waals surface area (Å²) < 4.78 is 24.3. The Bertz CT molecular complexity index is 398. The lowest BCUT2D eigenvalue weighted by Crippen LogP contribution is -2.22. The number of nitrogens with zero attached hydrogens (tertiary/aromatic N) is 2. The molecule has 1 heterocycles. The molecule has 78 valence electrons. The molecule has 0 aliphatic carbocycles. The number of aromatic nitrogens is 1. The van der Waals surface area contributed by atoms with Gasteiger partial charge in [-0.2, -0.15) is 0 Å². The van der Waals surface area contributed by atoms with Crippen LogP contribution in [-0.2, 0) is 10.0 Å². The highest BCUT2D eigenvalue weighted by Gasteiger charge is 2.16. The molecule has 0 aromatic carbocycles. The highest BCUT2D eigenvalue weighted by molar-refractivity contribution is 7.89. The molecule has 1 aromatic heterocycles. The van der Waals surface area contributed by atoms with Crippen molar-refractivity contribution in [3.8, 4) is 0 Å². The molecule has 0 aliphatic heterocycles. The van der Waals surface area contributed by atoms with Gasteiger partial charge in [0.2, 0.25) is 10.0 Å². The fraction of sp³-hybridized carbons (Fsp3) is 0.286. The monoisotopic (exact) mass is 216 g/mol. The van der Waals surface area contributed by atoms with Crippen LogP contribution in [0.5, 0.6) is 0 Å². The van der Waals surface area contributed by atoms with Gasteiger partial charge >= 0.3 is 0 Å². The Morgan fingerprint density at radius 3 is 2.43 bits per heavy atom. The summed E-state index contributed by atoms with van der Waals surface area (Å²) in [5.41, 5.74) is 2.32. The van der Waals surface area contributed by atoms with E-state index in [0.29, 0.717) is 5.82 Å². The van der Waals surface area contributed by atoms with Crippen molar-refractivity contribution in [2.75, 3.05) is 19.5 Å². The van der Waals surface area contributed by atoms with Crippen LogP contribution in [0.4, 0.5) is 5.82 Å². The first-order valence-electron chi connectivity index (χ1n) is 3.83. The van der Waals surface area contributed by atoms with E-state index in [-0.39, 0.29) is 4.90 Å². The molecule has 0 unspecified atom stereocenters. The minimum Gasteiger partial charge on any atom is -0.308 e. The summed E-state index contributed by atoms with van der Waals surface area (Å²) in [5, 5.41) is 0. The molecule has 14 heavy (non-hydrogen) atoms. The normalized spacial score (nSPS) is 11.7. The zero-order valence-electron chi connectivity index (χ0n) is 7.93. The van der Waals surface area contributed by atoms with Crippen LogP contribution in [0.15, 0.2) is 23.2 Å². The zero-order chi connectivity index (χ0) is 10.8. The standard InChI is InChI=1S/C7H12N4O2S/c1-11(2)14(12,13)6-3-4-7(10-8)9-5-6/h3-5H,8H2,1-2H3,(H,9,10). The van der Waals surface area contributed by atoms with Gasteiger partial charge in [0.05, 0.1) is 0 Å². The number of hydrogen-bond acceptors (Lipinski definition) is 5. The molecule has 0 saturated carbocycles. The zero-order valence-corrected chi connectivity index (χ0v) is 8.75. The summed E-state index contributed by atoms with van der Waals surface area (Å²) in [6.45, 7) is 0. The third-order valence-corrected chi connectivity index (χ3v) is 3.46. The molecular weight excluding hydrogens is 204 g/mol. The van der Waals surface area contributed by atoms with E-state index in [1.807, 2.05) is 0 Å². The Labute approximate surface area is 82.8 Å². The molecule has 7 heteroatoms. The van der Waals surface area contributed by atoms with Gasteiger partial charge in [-0.1, -0.05) is 0 Å². The van der Waals surface area contributed by atoms with Crippen LogP contribution in [0.3, 0.4) is 0 Å². The van der Waals surface area contributed by atoms with E-state index in [1.165, 1.54) is 32.4 Å². The molecule has 0 bridgehead atoms. The van der Waals surface area contributed by atoms with Crippen molar-refractivity contribution in [2.45, 2.75) is 4.90 Å². The first-order chi connectivity index (χ1) is 6.48. The second-order valence-electron chi connectivity index (χ2n) is 2.81. The molecule has 6 nitrogen and oxygen atoms in total. The van der Waals surface area contributed by atoms with Gasteiger partial charge < -0.3 is 5.43 Å². The number of anilines is 1. The Morgan fingerprint density at radius 2 is 2.07 bits per heavy atom. The van der Waals surface area contributed by atoms with E-state index in [2.05, 4.69) is 10.4 Å². The predicted molar refractivity (Wildman–Crippen MR) is 52.9 cm³/mol. The maximum atomic E-state index is 11.6. The van der Waals surface area contributed by atoms with Gasteiger partial charge in [0.15, 0.2) is 0 Å². The molecule has 0 fully saturated rings. The van der Waals surface area contributed by atoms with E-state index >= 15 is 0 Å². The fourth-order valence-corrected chi connectivity index (χ4v) is 1.68. The number of nitrogens with one attached hydrogen (secondary N) is 1. The average molecular weight is 216 g/mol. The van der Waals surface area contributed by atoms with Crippen molar-refractivity contribution < 1.29 is 8.42 Å². The number of nitrogen functional groups attached to an aromatic ring is 1. The third kappa shape index (κ3) is 2.00. The van der Waals surface area contributed by atoms with Crippen LogP contribution < -0.4 is 11.3 Å². The van der Waals surface area contributed by atoms with Crippen LogP contribution in [0.25, 0.3) is 0 Å². The van der Waals surface area contributed by atoms with Crippen LogP contribution >= 0.6 is 0 Å². The minimum absolute atomic E-state index is 0.140. The van der Waals surface area contributed by atoms with Gasteiger partial charge in [0, 0.05) is 20.3 Å². The second kappa shape index (κ2) is 3.91. The minimum atomic E-state index is -3.40. The number of rotatable bonds is 3. The van der Waals surface area contributed by atoms with Crippen LogP contribution in [0.1, 0.15) is 0 Å². The maximum absolute atomic E-state index is 11.6. The van der Waals surface area contributed by atoms with Gasteiger partial charge in [-0.25, -0.2) is 23.5 Å². The Kier molecular flexibility index (Phi) is 3.04. The van der Waals surface area contributed by atoms with Crippen LogP contribution in [0.2, 0.25) is 0 Å². The second-order valence-corrected chi connectivity index (χ2v) is 4.96. The maximum Gasteiger partial charge on any atom is 0.244 e. The highest BCUT2D eigenvalue weighted by Crippen LogP contribution is 2.12. The summed E-state index contributed by atoms with van der Waals surface area (Å²) in [4.78, 5) is 3.94. The average Bonchev–Trinajstić information content (AvgIpc) is 2.17. The summed E-state index contributed by atoms with van der Waals surface area (Å²) in [5.74, 6) is 5.52. The Balaban J connectivity index is 3.10. The lowest BCUT2D eigenvalue weighted by molar-refractivity contribution is 0.520. The van der Waals surface area contributed by atoms with Crippen molar-refractivity contribution in [1.29, 1.82) is 0 Å². The van der Waals surface area contributed by atoms with Crippen molar-refractivity contribution in [2.24, 2.45) is 5.84 Å². The van der Waals surface area contributed by atoms with E-state index in [4.69, 9.17) is 5.84 Å². The SMILES string of the molecule is CN(C)S(=O)(=O)c1ccc(NN)nc1. The quantitative estimate of drug-likeness (QED) is 0.531. The lowest BCUT2D eigenvalue weighted by atomic mass is 10.5. The summed E-state index contributed by atoms with van der Waals surface area (Å²) in [6.07, 6.45) is 1.25. The largest absolute Gasteiger partial charge is 0.308 e. The summed E-state index contributed by atoms with van der Waals surface area (Å²) >= 11 is 0. The van der Waals surface area contributed by atoms with Crippen molar-refractivity contribution in [1.82, 2.24) is 9.29 Å². The molecular formula is C7H12N4O2S. The van der Waals surface area contributed by atoms with E-state index in [9.17, 15) is 8.42 Å². The molecule has 1 aromatic rings. The third-order valence-electron chi connectivity index (χ3n) is 1.66. The van der Waals surface area contributed by atoms with E-state index < -0.39 is 10.0 Å². The van der Waals surface area contributed by atoms with Crippen molar-refractivity contribution >= 4 is 15.8 Å². The number of hydrogen-bond donors (Lipinski definition) is 2. The first-order valence-corrected chi connectivity index (χ1v) is 5.27. The number of sulfonamides is 1. The summed E-state index contributed by atoms with van der Waals surface area (Å²) in [7, 11) is -0.474. The first kappa shape index (κ1) is 10.9. The van der Waals surface area contributed by atoms with Gasteiger partial charge in [0.25, 0.3) is 0 Å². The number of nitrogens with two attached hydrogens (primary N) is 1. The molecule has 0 radical (unpaired) electrons. The molecule has 0 spiro atoms. The summed E-state index contributed by atoms with van der Waals surface area (Å²) in [6, 6.07) is 2.94. The number of hydrazine groups is 1. The van der Waals surface area contributed by atoms with Gasteiger partial charge in [-0.05, 0) is 12.1 Å². The van der Waals surface area contributed by atoms with Crippen molar-refractivity contribution in [3.05, 3.63) is 18.3 Å². The van der Waals surface area contributed by atoms with E-state index in [1.54, 1.807) is 0 Å². The topological polar surface area (TPSA) is 88.3 Å². The smallest absolute Gasteiger partial charge is 0.244 e. The van der Waals surface area contributed by atoms with Gasteiger partial charge in [-0.3, -0.25) is 0 Å². The van der Waals surface area contributed by atoms with E-state index in [0.717, 1.165) is 4.31 Å². The Morgan fingerprint density at radius 1 is 1.43 bits per heavy atom. The van der Waals surface area contributed by atoms with Gasteiger partial charge in [0.1, 0.15) is 10.7 Å².